The highest BCUT2D eigenvalue weighted by Crippen LogP contribution is 2.30. The number of rotatable bonds is 7. The third-order valence-corrected chi connectivity index (χ3v) is 7.69. The minimum atomic E-state index is 0.412. The van der Waals surface area contributed by atoms with Gasteiger partial charge in [-0.2, -0.15) is 0 Å². The van der Waals surface area contributed by atoms with Crippen molar-refractivity contribution < 1.29 is 9.90 Å². The third kappa shape index (κ3) is 7.61. The number of hydrogen-bond acceptors (Lipinski definition) is 3. The molecule has 200 valence electrons. The molecule has 5 heteroatoms. The number of para-hydroxylation sites is 1. The fraction of sp³-hybridized carbons (Fsp3) is 0.531. The Morgan fingerprint density at radius 1 is 1.14 bits per heavy atom. The number of aromatic hydroxyl groups is 1. The van der Waals surface area contributed by atoms with Crippen molar-refractivity contribution in [3.63, 3.8) is 0 Å². The zero-order chi connectivity index (χ0) is 26.2. The van der Waals surface area contributed by atoms with Gasteiger partial charge in [-0.3, -0.25) is 9.69 Å². The van der Waals surface area contributed by atoms with Crippen molar-refractivity contribution in [3.05, 3.63) is 64.8 Å². The standard InChI is InChI=1S/C17H25NO2.C15H20N2/c1-13(2)10-18(12-19)11-14-8-15-6-4-3-5-7-16(15)17(20)9-14;1-12-4-3-9-17(10-12)11-14-6-2-5-13-7-8-16-15(13)14/h8-9,12-13,20H,3-7,10-11H2,1-2H3;2,5-8,12,16H,3-4,9-11H2,1H3/t;12-/m.1/s1. The average molecular weight is 504 g/mol. The van der Waals surface area contributed by atoms with Gasteiger partial charge in [0, 0.05) is 37.9 Å². The number of aromatic nitrogens is 1. The number of likely N-dealkylation sites (tertiary alicyclic amines) is 1. The van der Waals surface area contributed by atoms with Gasteiger partial charge in [0.25, 0.3) is 0 Å². The van der Waals surface area contributed by atoms with Crippen LogP contribution in [-0.4, -0.2) is 45.9 Å². The lowest BCUT2D eigenvalue weighted by molar-refractivity contribution is -0.119. The molecule has 37 heavy (non-hydrogen) atoms. The molecule has 2 aliphatic rings. The number of benzene rings is 2. The summed E-state index contributed by atoms with van der Waals surface area (Å²) < 4.78 is 0. The second-order valence-corrected chi connectivity index (χ2v) is 11.6. The van der Waals surface area contributed by atoms with E-state index in [0.29, 0.717) is 18.2 Å². The number of phenolic OH excluding ortho intramolecular Hbond substituents is 1. The Bertz CT molecular complexity index is 1150. The van der Waals surface area contributed by atoms with Crippen molar-refractivity contribution in [1.82, 2.24) is 14.8 Å². The van der Waals surface area contributed by atoms with Gasteiger partial charge in [-0.15, -0.1) is 0 Å². The number of aryl methyl sites for hydroxylation is 1. The molecule has 2 aromatic carbocycles. The molecule has 2 N–H and O–H groups in total. The fourth-order valence-corrected chi connectivity index (χ4v) is 5.98. The number of carbonyl (C=O) groups excluding carboxylic acids is 1. The maximum atomic E-state index is 11.1. The molecule has 1 atom stereocenters. The van der Waals surface area contributed by atoms with Crippen molar-refractivity contribution in [2.75, 3.05) is 19.6 Å². The van der Waals surface area contributed by atoms with Crippen molar-refractivity contribution in [1.29, 1.82) is 0 Å². The molecule has 1 aliphatic carbocycles. The van der Waals surface area contributed by atoms with Crippen LogP contribution in [0.3, 0.4) is 0 Å². The lowest BCUT2D eigenvalue weighted by Gasteiger charge is -2.30. The van der Waals surface area contributed by atoms with Crippen molar-refractivity contribution >= 4 is 17.3 Å². The molecule has 1 amide bonds. The monoisotopic (exact) mass is 503 g/mol. The van der Waals surface area contributed by atoms with E-state index in [4.69, 9.17) is 0 Å². The molecule has 3 aromatic rings. The molecule has 0 bridgehead atoms. The Hall–Kier alpha value is -2.79. The first kappa shape index (κ1) is 27.3. The first-order valence-corrected chi connectivity index (χ1v) is 14.2. The van der Waals surface area contributed by atoms with Crippen LogP contribution >= 0.6 is 0 Å². The van der Waals surface area contributed by atoms with Gasteiger partial charge in [-0.1, -0.05) is 51.5 Å². The van der Waals surface area contributed by atoms with Gasteiger partial charge in [-0.05, 0) is 96.7 Å². The predicted octanol–water partition coefficient (Wildman–Crippen LogP) is 6.68. The summed E-state index contributed by atoms with van der Waals surface area (Å²) in [6.07, 6.45) is 11.3. The maximum Gasteiger partial charge on any atom is 0.210 e. The van der Waals surface area contributed by atoms with E-state index in [-0.39, 0.29) is 0 Å². The van der Waals surface area contributed by atoms with E-state index in [0.717, 1.165) is 55.8 Å². The molecular formula is C32H45N3O2. The summed E-state index contributed by atoms with van der Waals surface area (Å²) in [5.74, 6) is 1.72. The van der Waals surface area contributed by atoms with Crippen LogP contribution in [0.1, 0.15) is 75.1 Å². The number of piperidine rings is 1. The van der Waals surface area contributed by atoms with E-state index in [1.807, 2.05) is 12.3 Å². The Labute approximate surface area is 222 Å². The highest BCUT2D eigenvalue weighted by atomic mass is 16.3. The van der Waals surface area contributed by atoms with Gasteiger partial charge in [0.05, 0.1) is 0 Å². The maximum absolute atomic E-state index is 11.1. The Balaban J connectivity index is 0.000000175. The van der Waals surface area contributed by atoms with E-state index in [2.05, 4.69) is 61.0 Å². The summed E-state index contributed by atoms with van der Waals surface area (Å²) in [6.45, 7) is 11.5. The number of amides is 1. The van der Waals surface area contributed by atoms with Crippen molar-refractivity contribution in [3.8, 4) is 5.75 Å². The smallest absolute Gasteiger partial charge is 0.210 e. The highest BCUT2D eigenvalue weighted by molar-refractivity contribution is 5.82. The molecule has 5 nitrogen and oxygen atoms in total. The molecule has 5 rings (SSSR count). The second-order valence-electron chi connectivity index (χ2n) is 11.6. The van der Waals surface area contributed by atoms with Crippen LogP contribution in [0, 0.1) is 11.8 Å². The Kier molecular flexibility index (Phi) is 9.68. The summed E-state index contributed by atoms with van der Waals surface area (Å²) >= 11 is 0. The molecule has 0 radical (unpaired) electrons. The second kappa shape index (κ2) is 13.1. The van der Waals surface area contributed by atoms with Crippen LogP contribution in [-0.2, 0) is 30.7 Å². The van der Waals surface area contributed by atoms with Crippen molar-refractivity contribution in [2.45, 2.75) is 78.8 Å². The Morgan fingerprint density at radius 2 is 1.97 bits per heavy atom. The zero-order valence-corrected chi connectivity index (χ0v) is 23.0. The minimum Gasteiger partial charge on any atom is -0.508 e. The zero-order valence-electron chi connectivity index (χ0n) is 23.0. The van der Waals surface area contributed by atoms with Crippen LogP contribution in [0.2, 0.25) is 0 Å². The number of phenols is 1. The lowest BCUT2D eigenvalue weighted by atomic mass is 9.98. The van der Waals surface area contributed by atoms with E-state index >= 15 is 0 Å². The number of hydrogen-bond donors (Lipinski definition) is 2. The SMILES string of the molecule is CC(C)CN(C=O)Cc1cc(O)c2c(c1)CCCCC2.C[C@@H]1CCCN(Cc2cccc3cc[nH]c23)C1. The first-order valence-electron chi connectivity index (χ1n) is 14.2. The minimum absolute atomic E-state index is 0.412. The molecule has 0 spiro atoms. The topological polar surface area (TPSA) is 59.6 Å². The normalized spacial score (nSPS) is 18.1. The number of nitrogens with zero attached hydrogens (tertiary/aromatic N) is 2. The van der Waals surface area contributed by atoms with Gasteiger partial charge < -0.3 is 15.0 Å². The molecular weight excluding hydrogens is 458 g/mol. The van der Waals surface area contributed by atoms with Crippen molar-refractivity contribution in [2.24, 2.45) is 11.8 Å². The van der Waals surface area contributed by atoms with Crippen LogP contribution in [0.4, 0.5) is 0 Å². The largest absolute Gasteiger partial charge is 0.508 e. The van der Waals surface area contributed by atoms with Gasteiger partial charge in [0.1, 0.15) is 5.75 Å². The summed E-state index contributed by atoms with van der Waals surface area (Å²) in [5.41, 5.74) is 6.17. The Morgan fingerprint density at radius 3 is 2.76 bits per heavy atom. The molecule has 1 saturated heterocycles. The molecule has 0 saturated carbocycles. The molecule has 1 fully saturated rings. The van der Waals surface area contributed by atoms with Crippen LogP contribution in [0.5, 0.6) is 5.75 Å². The third-order valence-electron chi connectivity index (χ3n) is 7.69. The molecule has 2 heterocycles. The molecule has 0 unspecified atom stereocenters. The molecule has 1 aliphatic heterocycles. The van der Waals surface area contributed by atoms with Gasteiger partial charge in [0.2, 0.25) is 6.41 Å². The number of H-pyrrole nitrogens is 1. The average Bonchev–Trinajstić information content (AvgIpc) is 3.22. The van der Waals surface area contributed by atoms with Gasteiger partial charge >= 0.3 is 0 Å². The number of carbonyl (C=O) groups is 1. The summed E-state index contributed by atoms with van der Waals surface area (Å²) in [6, 6.07) is 12.8. The number of aromatic amines is 1. The quantitative estimate of drug-likeness (QED) is 0.279. The lowest BCUT2D eigenvalue weighted by Crippen LogP contribution is -2.33. The van der Waals surface area contributed by atoms with Gasteiger partial charge in [0.15, 0.2) is 0 Å². The van der Waals surface area contributed by atoms with E-state index in [1.54, 1.807) is 4.90 Å². The van der Waals surface area contributed by atoms with E-state index < -0.39 is 0 Å². The summed E-state index contributed by atoms with van der Waals surface area (Å²) in [4.78, 5) is 18.9. The fourth-order valence-electron chi connectivity index (χ4n) is 5.98. The van der Waals surface area contributed by atoms with E-state index in [9.17, 15) is 9.90 Å². The highest BCUT2D eigenvalue weighted by Gasteiger charge is 2.17. The van der Waals surface area contributed by atoms with Crippen LogP contribution in [0.15, 0.2) is 42.6 Å². The first-order chi connectivity index (χ1) is 17.9. The van der Waals surface area contributed by atoms with E-state index in [1.165, 1.54) is 60.8 Å². The number of nitrogens with one attached hydrogen (secondary N) is 1. The number of fused-ring (bicyclic) bond motifs is 2. The van der Waals surface area contributed by atoms with Crippen LogP contribution < -0.4 is 0 Å². The summed E-state index contributed by atoms with van der Waals surface area (Å²) in [5, 5.41) is 11.5. The predicted molar refractivity (Wildman–Crippen MR) is 153 cm³/mol. The van der Waals surface area contributed by atoms with Gasteiger partial charge in [-0.25, -0.2) is 0 Å². The molecule has 1 aromatic heterocycles. The summed E-state index contributed by atoms with van der Waals surface area (Å²) in [7, 11) is 0. The van der Waals surface area contributed by atoms with Crippen LogP contribution in [0.25, 0.3) is 10.9 Å².